The first-order chi connectivity index (χ1) is 16.8. The molecule has 1 aliphatic heterocycles. The van der Waals surface area contributed by atoms with Gasteiger partial charge in [-0.25, -0.2) is 8.78 Å². The van der Waals surface area contributed by atoms with Gasteiger partial charge < -0.3 is 15.6 Å². The molecule has 2 fully saturated rings. The molecule has 1 aromatic carbocycles. The van der Waals surface area contributed by atoms with E-state index in [1.54, 1.807) is 0 Å². The van der Waals surface area contributed by atoms with E-state index in [0.717, 1.165) is 18.9 Å². The van der Waals surface area contributed by atoms with Crippen LogP contribution in [-0.2, 0) is 11.2 Å². The lowest BCUT2D eigenvalue weighted by Crippen LogP contribution is -2.68. The molecule has 188 valence electrons. The smallest absolute Gasteiger partial charge is 0.252 e. The summed E-state index contributed by atoms with van der Waals surface area (Å²) in [4.78, 5) is 30.1. The van der Waals surface area contributed by atoms with Crippen molar-refractivity contribution >= 4 is 16.8 Å². The van der Waals surface area contributed by atoms with Gasteiger partial charge in [0.15, 0.2) is 11.6 Å². The molecule has 2 aromatic rings. The Labute approximate surface area is 203 Å². The maximum Gasteiger partial charge on any atom is 0.252 e. The molecule has 3 unspecified atom stereocenters. The van der Waals surface area contributed by atoms with E-state index in [4.69, 9.17) is 0 Å². The standard InChI is InChI=1S/C26H33F2N5O2/c1-15(25-16(2)33(19(13-29)14-30-25)18-7-5-3-4-6-8-18)31-23(34)12-17-11-20-22(32-26(17)35)10-9-21(27)24(20)28/h9-11,15-16,18-19,25,30H,3-8,12,14H2,1-2H3,(H,31,34)(H,32,35)/t15-,16?,19?,25?/m0/s1. The number of rotatable bonds is 5. The molecule has 4 rings (SSSR count). The van der Waals surface area contributed by atoms with Crippen LogP contribution >= 0.6 is 0 Å². The number of fused-ring (bicyclic) bond motifs is 1. The van der Waals surface area contributed by atoms with E-state index in [1.807, 2.05) is 6.92 Å². The normalized spacial score (nSPS) is 25.1. The van der Waals surface area contributed by atoms with E-state index in [1.165, 1.54) is 37.8 Å². The lowest BCUT2D eigenvalue weighted by Gasteiger charge is -2.48. The Morgan fingerprint density at radius 1 is 1.26 bits per heavy atom. The summed E-state index contributed by atoms with van der Waals surface area (Å²) in [6, 6.07) is 5.78. The predicted octanol–water partition coefficient (Wildman–Crippen LogP) is 3.13. The molecule has 0 spiro atoms. The molecule has 35 heavy (non-hydrogen) atoms. The summed E-state index contributed by atoms with van der Waals surface area (Å²) in [6.45, 7) is 4.53. The van der Waals surface area contributed by atoms with Gasteiger partial charge >= 0.3 is 0 Å². The van der Waals surface area contributed by atoms with Crippen LogP contribution in [0, 0.1) is 23.0 Å². The topological polar surface area (TPSA) is 101 Å². The summed E-state index contributed by atoms with van der Waals surface area (Å²) in [6.07, 6.45) is 6.71. The number of hydrogen-bond acceptors (Lipinski definition) is 5. The zero-order chi connectivity index (χ0) is 25.1. The fraction of sp³-hybridized carbons (Fsp3) is 0.577. The molecule has 1 saturated carbocycles. The molecule has 1 aromatic heterocycles. The first-order valence-electron chi connectivity index (χ1n) is 12.5. The second-order valence-corrected chi connectivity index (χ2v) is 9.89. The number of amides is 1. The van der Waals surface area contributed by atoms with Crippen LogP contribution < -0.4 is 16.2 Å². The average Bonchev–Trinajstić information content (AvgIpc) is 3.11. The Morgan fingerprint density at radius 2 is 1.97 bits per heavy atom. The molecule has 1 saturated heterocycles. The van der Waals surface area contributed by atoms with E-state index < -0.39 is 17.2 Å². The maximum absolute atomic E-state index is 14.2. The van der Waals surface area contributed by atoms with Crippen LogP contribution in [0.25, 0.3) is 10.9 Å². The first kappa shape index (κ1) is 25.3. The summed E-state index contributed by atoms with van der Waals surface area (Å²) in [5, 5.41) is 16.1. The Kier molecular flexibility index (Phi) is 7.82. The molecule has 4 atom stereocenters. The molecule has 2 aliphatic rings. The van der Waals surface area contributed by atoms with Crippen molar-refractivity contribution in [2.24, 2.45) is 0 Å². The number of aromatic amines is 1. The minimum atomic E-state index is -1.06. The molecule has 9 heteroatoms. The Bertz CT molecular complexity index is 1170. The number of carbonyl (C=O) groups is 1. The molecule has 7 nitrogen and oxygen atoms in total. The van der Waals surface area contributed by atoms with Gasteiger partial charge in [0.1, 0.15) is 6.04 Å². The van der Waals surface area contributed by atoms with Gasteiger partial charge in [-0.3, -0.25) is 14.5 Å². The number of piperazine rings is 1. The van der Waals surface area contributed by atoms with Crippen molar-refractivity contribution in [3.05, 3.63) is 45.8 Å². The minimum absolute atomic E-state index is 0.0351. The highest BCUT2D eigenvalue weighted by Gasteiger charge is 2.40. The second-order valence-electron chi connectivity index (χ2n) is 9.89. The molecule has 3 N–H and O–H groups in total. The van der Waals surface area contributed by atoms with E-state index in [-0.39, 0.29) is 53.0 Å². The van der Waals surface area contributed by atoms with Crippen molar-refractivity contribution in [3.63, 3.8) is 0 Å². The monoisotopic (exact) mass is 485 g/mol. The quantitative estimate of drug-likeness (QED) is 0.565. The molecule has 1 amide bonds. The number of pyridine rings is 1. The van der Waals surface area contributed by atoms with Crippen molar-refractivity contribution in [3.8, 4) is 6.07 Å². The van der Waals surface area contributed by atoms with Gasteiger partial charge in [0.05, 0.1) is 18.0 Å². The molecule has 0 bridgehead atoms. The maximum atomic E-state index is 14.2. The summed E-state index contributed by atoms with van der Waals surface area (Å²) in [7, 11) is 0. The van der Waals surface area contributed by atoms with Gasteiger partial charge in [-0.05, 0) is 44.9 Å². The summed E-state index contributed by atoms with van der Waals surface area (Å²) in [5.74, 6) is -2.45. The molecule has 0 radical (unpaired) electrons. The van der Waals surface area contributed by atoms with E-state index in [2.05, 4.69) is 33.5 Å². The van der Waals surface area contributed by atoms with Crippen LogP contribution in [0.3, 0.4) is 0 Å². The van der Waals surface area contributed by atoms with Crippen molar-refractivity contribution in [2.75, 3.05) is 6.54 Å². The average molecular weight is 486 g/mol. The van der Waals surface area contributed by atoms with E-state index >= 15 is 0 Å². The van der Waals surface area contributed by atoms with Crippen molar-refractivity contribution in [1.29, 1.82) is 5.26 Å². The van der Waals surface area contributed by atoms with Crippen LogP contribution in [0.1, 0.15) is 57.9 Å². The van der Waals surface area contributed by atoms with E-state index in [9.17, 15) is 23.6 Å². The number of halogens is 2. The van der Waals surface area contributed by atoms with Crippen molar-refractivity contribution in [2.45, 2.75) is 89.0 Å². The summed E-state index contributed by atoms with van der Waals surface area (Å²) in [5.41, 5.74) is -0.259. The highest BCUT2D eigenvalue weighted by atomic mass is 19.2. The van der Waals surface area contributed by atoms with Gasteiger partial charge in [0.2, 0.25) is 5.91 Å². The second kappa shape index (κ2) is 10.8. The number of nitriles is 1. The minimum Gasteiger partial charge on any atom is -0.352 e. The third-order valence-corrected chi connectivity index (χ3v) is 7.56. The number of hydrogen-bond donors (Lipinski definition) is 3. The third-order valence-electron chi connectivity index (χ3n) is 7.56. The number of nitrogens with one attached hydrogen (secondary N) is 3. The number of nitrogens with zero attached hydrogens (tertiary/aromatic N) is 2. The molecular weight excluding hydrogens is 452 g/mol. The number of aromatic nitrogens is 1. The first-order valence-corrected chi connectivity index (χ1v) is 12.5. The zero-order valence-corrected chi connectivity index (χ0v) is 20.2. The molecule has 2 heterocycles. The number of carbonyl (C=O) groups excluding carboxylic acids is 1. The Hall–Kier alpha value is -2.83. The van der Waals surface area contributed by atoms with Crippen LogP contribution in [0.4, 0.5) is 8.78 Å². The van der Waals surface area contributed by atoms with E-state index in [0.29, 0.717) is 12.6 Å². The zero-order valence-electron chi connectivity index (χ0n) is 20.2. The Morgan fingerprint density at radius 3 is 2.66 bits per heavy atom. The van der Waals surface area contributed by atoms with Crippen molar-refractivity contribution < 1.29 is 13.6 Å². The van der Waals surface area contributed by atoms with Crippen molar-refractivity contribution in [1.82, 2.24) is 20.5 Å². The lowest BCUT2D eigenvalue weighted by atomic mass is 9.91. The Balaban J connectivity index is 1.46. The largest absolute Gasteiger partial charge is 0.352 e. The van der Waals surface area contributed by atoms with Gasteiger partial charge in [-0.1, -0.05) is 25.7 Å². The summed E-state index contributed by atoms with van der Waals surface area (Å²) >= 11 is 0. The van der Waals surface area contributed by atoms with Crippen LogP contribution in [0.2, 0.25) is 0 Å². The highest BCUT2D eigenvalue weighted by Crippen LogP contribution is 2.28. The van der Waals surface area contributed by atoms with Crippen LogP contribution in [0.5, 0.6) is 0 Å². The predicted molar refractivity (Wildman–Crippen MR) is 130 cm³/mol. The number of benzene rings is 1. The van der Waals surface area contributed by atoms with Gasteiger partial charge in [-0.2, -0.15) is 5.26 Å². The van der Waals surface area contributed by atoms with Gasteiger partial charge in [0, 0.05) is 41.7 Å². The fourth-order valence-corrected chi connectivity index (χ4v) is 5.80. The summed E-state index contributed by atoms with van der Waals surface area (Å²) < 4.78 is 27.8. The molecular formula is C26H33F2N5O2. The van der Waals surface area contributed by atoms with Crippen LogP contribution in [0.15, 0.2) is 23.0 Å². The molecule has 1 aliphatic carbocycles. The van der Waals surface area contributed by atoms with Gasteiger partial charge in [-0.15, -0.1) is 0 Å². The highest BCUT2D eigenvalue weighted by molar-refractivity contribution is 5.83. The number of H-pyrrole nitrogens is 1. The third kappa shape index (κ3) is 5.39. The van der Waals surface area contributed by atoms with Crippen LogP contribution in [-0.4, -0.2) is 52.5 Å². The lowest BCUT2D eigenvalue weighted by molar-refractivity contribution is -0.121. The fourth-order valence-electron chi connectivity index (χ4n) is 5.80. The van der Waals surface area contributed by atoms with Gasteiger partial charge in [0.25, 0.3) is 5.56 Å². The SMILES string of the molecule is CC1C([C@H](C)NC(=O)Cc2cc3c(F)c(F)ccc3[nH]c2=O)NCC(C#N)N1C1CCCCCC1.